The predicted octanol–water partition coefficient (Wildman–Crippen LogP) is 2.42. The Morgan fingerprint density at radius 3 is 2.67 bits per heavy atom. The average molecular weight is 125 g/mol. The first-order valence-corrected chi connectivity index (χ1v) is 3.65. The highest BCUT2D eigenvalue weighted by Crippen LogP contribution is 1.83. The first-order chi connectivity index (χ1) is 4.41. The molecule has 0 N–H and O–H groups in total. The summed E-state index contributed by atoms with van der Waals surface area (Å²) in [5.41, 5.74) is 0. The van der Waals surface area contributed by atoms with Gasteiger partial charge in [-0.15, -0.1) is 0 Å². The van der Waals surface area contributed by atoms with Crippen molar-refractivity contribution in [3.05, 3.63) is 6.08 Å². The van der Waals surface area contributed by atoms with Crippen LogP contribution in [0.3, 0.4) is 0 Å². The van der Waals surface area contributed by atoms with Crippen molar-refractivity contribution in [1.82, 2.24) is 0 Å². The summed E-state index contributed by atoms with van der Waals surface area (Å²) < 4.78 is 0. The standard InChI is InChI=1S/C8H15N/c1-3-5-6-8-9-7-4-2/h6H,3-5,7H2,1-2H3. The fraction of sp³-hybridized carbons (Fsp3) is 0.750. The molecule has 0 heterocycles. The van der Waals surface area contributed by atoms with Crippen LogP contribution in [-0.2, 0) is 0 Å². The van der Waals surface area contributed by atoms with Gasteiger partial charge in [-0.25, -0.2) is 4.99 Å². The number of hydrogen-bond acceptors (Lipinski definition) is 1. The van der Waals surface area contributed by atoms with Crippen molar-refractivity contribution in [3.8, 4) is 0 Å². The van der Waals surface area contributed by atoms with Crippen LogP contribution in [0.15, 0.2) is 11.1 Å². The number of allylic oxidation sites excluding steroid dienone is 1. The van der Waals surface area contributed by atoms with E-state index in [9.17, 15) is 0 Å². The largest absolute Gasteiger partial charge is 0.243 e. The molecule has 0 rings (SSSR count). The molecule has 0 aliphatic rings. The summed E-state index contributed by atoms with van der Waals surface area (Å²) in [6.07, 6.45) is 5.41. The fourth-order valence-corrected chi connectivity index (χ4v) is 0.450. The summed E-state index contributed by atoms with van der Waals surface area (Å²) in [6, 6.07) is 0. The van der Waals surface area contributed by atoms with Crippen molar-refractivity contribution in [2.24, 2.45) is 4.99 Å². The van der Waals surface area contributed by atoms with Crippen molar-refractivity contribution in [2.75, 3.05) is 6.54 Å². The minimum Gasteiger partial charge on any atom is -0.243 e. The van der Waals surface area contributed by atoms with Crippen LogP contribution in [0.4, 0.5) is 0 Å². The lowest BCUT2D eigenvalue weighted by molar-refractivity contribution is 0.934. The molecule has 0 radical (unpaired) electrons. The normalized spacial score (nSPS) is 8.22. The Bertz CT molecular complexity index is 89.1. The van der Waals surface area contributed by atoms with Crippen molar-refractivity contribution in [1.29, 1.82) is 0 Å². The molecule has 0 fully saturated rings. The average Bonchev–Trinajstić information content (AvgIpc) is 1.89. The van der Waals surface area contributed by atoms with Gasteiger partial charge in [-0.05, 0) is 24.8 Å². The predicted molar refractivity (Wildman–Crippen MR) is 42.1 cm³/mol. The molecule has 1 nitrogen and oxygen atoms in total. The van der Waals surface area contributed by atoms with E-state index in [4.69, 9.17) is 0 Å². The third-order valence-corrected chi connectivity index (χ3v) is 0.951. The van der Waals surface area contributed by atoms with Gasteiger partial charge in [-0.3, -0.25) is 0 Å². The van der Waals surface area contributed by atoms with E-state index >= 15 is 0 Å². The Balaban J connectivity index is 3.18. The van der Waals surface area contributed by atoms with Crippen LogP contribution in [-0.4, -0.2) is 12.4 Å². The van der Waals surface area contributed by atoms with Gasteiger partial charge in [0.15, 0.2) is 0 Å². The van der Waals surface area contributed by atoms with Crippen molar-refractivity contribution in [2.45, 2.75) is 33.1 Å². The smallest absolute Gasteiger partial charge is 0.0481 e. The number of nitrogens with zero attached hydrogens (tertiary/aromatic N) is 1. The fourth-order valence-electron chi connectivity index (χ4n) is 0.450. The van der Waals surface area contributed by atoms with Gasteiger partial charge in [0.2, 0.25) is 0 Å². The summed E-state index contributed by atoms with van der Waals surface area (Å²) in [5, 5.41) is 0. The molecule has 0 aromatic carbocycles. The lowest BCUT2D eigenvalue weighted by Crippen LogP contribution is -1.71. The molecule has 0 atom stereocenters. The number of rotatable bonds is 4. The monoisotopic (exact) mass is 125 g/mol. The highest BCUT2D eigenvalue weighted by atomic mass is 14.7. The lowest BCUT2D eigenvalue weighted by Gasteiger charge is -1.78. The zero-order chi connectivity index (χ0) is 6.95. The lowest BCUT2D eigenvalue weighted by atomic mass is 10.3. The van der Waals surface area contributed by atoms with Gasteiger partial charge in [0.25, 0.3) is 0 Å². The van der Waals surface area contributed by atoms with Gasteiger partial charge in [-0.2, -0.15) is 0 Å². The van der Waals surface area contributed by atoms with Gasteiger partial charge < -0.3 is 0 Å². The molecule has 52 valence electrons. The Labute approximate surface area is 57.5 Å². The molecule has 0 aromatic heterocycles. The molecule has 0 aliphatic heterocycles. The van der Waals surface area contributed by atoms with E-state index < -0.39 is 0 Å². The second-order valence-electron chi connectivity index (χ2n) is 2.00. The first kappa shape index (κ1) is 8.45. The van der Waals surface area contributed by atoms with Crippen LogP contribution >= 0.6 is 0 Å². The van der Waals surface area contributed by atoms with E-state index in [-0.39, 0.29) is 0 Å². The maximum absolute atomic E-state index is 4.02. The molecule has 0 spiro atoms. The minimum absolute atomic E-state index is 0.917. The Morgan fingerprint density at radius 1 is 1.33 bits per heavy atom. The van der Waals surface area contributed by atoms with Crippen LogP contribution in [0.5, 0.6) is 0 Å². The highest BCUT2D eigenvalue weighted by Gasteiger charge is 1.69. The molecule has 0 saturated heterocycles. The molecule has 0 amide bonds. The summed E-state index contributed by atoms with van der Waals surface area (Å²) in [4.78, 5) is 4.02. The van der Waals surface area contributed by atoms with E-state index in [1.165, 1.54) is 6.42 Å². The first-order valence-electron chi connectivity index (χ1n) is 3.65. The van der Waals surface area contributed by atoms with E-state index in [0.717, 1.165) is 19.4 Å². The molecular weight excluding hydrogens is 110 g/mol. The molecule has 0 aromatic rings. The molecule has 0 bridgehead atoms. The van der Waals surface area contributed by atoms with Crippen LogP contribution in [0.1, 0.15) is 33.1 Å². The third-order valence-electron chi connectivity index (χ3n) is 0.951. The van der Waals surface area contributed by atoms with Gasteiger partial charge in [0.05, 0.1) is 0 Å². The number of unbranched alkanes of at least 4 members (excludes halogenated alkanes) is 1. The van der Waals surface area contributed by atoms with Gasteiger partial charge >= 0.3 is 0 Å². The zero-order valence-corrected chi connectivity index (χ0v) is 6.35. The quantitative estimate of drug-likeness (QED) is 0.512. The molecular formula is C8H15N. The van der Waals surface area contributed by atoms with Gasteiger partial charge in [0.1, 0.15) is 0 Å². The number of aliphatic imine (C=N–C) groups is 1. The van der Waals surface area contributed by atoms with Crippen LogP contribution in [0, 0.1) is 0 Å². The molecule has 1 heteroatoms. The van der Waals surface area contributed by atoms with Crippen molar-refractivity contribution >= 4 is 5.87 Å². The van der Waals surface area contributed by atoms with E-state index in [0.29, 0.717) is 0 Å². The molecule has 0 aliphatic carbocycles. The topological polar surface area (TPSA) is 12.4 Å². The number of hydrogen-bond donors (Lipinski definition) is 0. The summed E-state index contributed by atoms with van der Waals surface area (Å²) >= 11 is 0. The van der Waals surface area contributed by atoms with Crippen LogP contribution in [0.25, 0.3) is 0 Å². The van der Waals surface area contributed by atoms with Crippen molar-refractivity contribution in [3.63, 3.8) is 0 Å². The Hall–Kier alpha value is -0.550. The summed E-state index contributed by atoms with van der Waals surface area (Å²) in [6.45, 7) is 5.18. The van der Waals surface area contributed by atoms with Crippen LogP contribution < -0.4 is 0 Å². The zero-order valence-electron chi connectivity index (χ0n) is 6.35. The second-order valence-corrected chi connectivity index (χ2v) is 2.00. The third kappa shape index (κ3) is 7.45. The van der Waals surface area contributed by atoms with Gasteiger partial charge in [0, 0.05) is 6.54 Å². The highest BCUT2D eigenvalue weighted by molar-refractivity contribution is 5.51. The Morgan fingerprint density at radius 2 is 2.11 bits per heavy atom. The minimum atomic E-state index is 0.917. The van der Waals surface area contributed by atoms with E-state index in [1.54, 1.807) is 0 Å². The molecule has 0 unspecified atom stereocenters. The van der Waals surface area contributed by atoms with E-state index in [1.807, 2.05) is 6.08 Å². The SMILES string of the molecule is CCCC=C=NCCC. The maximum Gasteiger partial charge on any atom is 0.0481 e. The van der Waals surface area contributed by atoms with Gasteiger partial charge in [-0.1, -0.05) is 20.3 Å². The van der Waals surface area contributed by atoms with Crippen LogP contribution in [0.2, 0.25) is 0 Å². The van der Waals surface area contributed by atoms with E-state index in [2.05, 4.69) is 24.7 Å². The van der Waals surface area contributed by atoms with Crippen molar-refractivity contribution < 1.29 is 0 Å². The summed E-state index contributed by atoms with van der Waals surface area (Å²) in [7, 11) is 0. The second kappa shape index (κ2) is 7.45. The Kier molecular flexibility index (Phi) is 6.99. The summed E-state index contributed by atoms with van der Waals surface area (Å²) in [5.74, 6) is 2.89. The maximum atomic E-state index is 4.02. The molecule has 0 saturated carbocycles. The molecule has 9 heavy (non-hydrogen) atoms.